The number of fused-ring (bicyclic) bond motifs is 3. The summed E-state index contributed by atoms with van der Waals surface area (Å²) in [6, 6.07) is 0. The lowest BCUT2D eigenvalue weighted by Gasteiger charge is -2.48. The zero-order valence-corrected chi connectivity index (χ0v) is 15.2. The van der Waals surface area contributed by atoms with Crippen molar-refractivity contribution >= 4 is 5.78 Å². The van der Waals surface area contributed by atoms with E-state index in [0.29, 0.717) is 11.5 Å². The highest BCUT2D eigenvalue weighted by Gasteiger charge is 2.75. The van der Waals surface area contributed by atoms with E-state index in [0.717, 1.165) is 6.42 Å². The third-order valence-electron chi connectivity index (χ3n) is 7.93. The van der Waals surface area contributed by atoms with E-state index < -0.39 is 35.7 Å². The van der Waals surface area contributed by atoms with Crippen molar-refractivity contribution in [1.29, 1.82) is 0 Å². The highest BCUT2D eigenvalue weighted by atomic mass is 16.4. The Morgan fingerprint density at radius 2 is 1.88 bits per heavy atom. The van der Waals surface area contributed by atoms with Crippen molar-refractivity contribution < 1.29 is 25.2 Å². The molecule has 4 N–H and O–H groups in total. The number of aliphatic hydroxyl groups excluding tert-OH is 3. The van der Waals surface area contributed by atoms with E-state index in [2.05, 4.69) is 13.8 Å². The van der Waals surface area contributed by atoms with Gasteiger partial charge in [-0.05, 0) is 47.7 Å². The number of aliphatic hydroxyl groups is 4. The maximum Gasteiger partial charge on any atom is 0.153 e. The molecule has 0 aromatic rings. The van der Waals surface area contributed by atoms with Gasteiger partial charge in [-0.1, -0.05) is 32.9 Å². The molecular weight excluding hydrogens is 320 g/mol. The molecule has 4 rings (SSSR count). The molecule has 0 aromatic heterocycles. The van der Waals surface area contributed by atoms with Gasteiger partial charge in [0.05, 0.1) is 12.0 Å². The number of hydrogen-bond acceptors (Lipinski definition) is 5. The molecule has 5 heteroatoms. The Morgan fingerprint density at radius 1 is 1.24 bits per heavy atom. The first kappa shape index (κ1) is 17.4. The number of ketones is 1. The Balaban J connectivity index is 1.99. The summed E-state index contributed by atoms with van der Waals surface area (Å²) in [5.74, 6) is -0.288. The summed E-state index contributed by atoms with van der Waals surface area (Å²) in [6.07, 6.45) is 1.34. The molecular formula is C20H28O5. The quantitative estimate of drug-likeness (QED) is 0.526. The number of hydrogen-bond donors (Lipinski definition) is 4. The van der Waals surface area contributed by atoms with Gasteiger partial charge < -0.3 is 20.4 Å². The third-order valence-corrected chi connectivity index (χ3v) is 7.93. The van der Waals surface area contributed by atoms with Crippen molar-refractivity contribution in [3.05, 3.63) is 23.3 Å². The monoisotopic (exact) mass is 348 g/mol. The van der Waals surface area contributed by atoms with E-state index in [1.807, 2.05) is 6.92 Å². The van der Waals surface area contributed by atoms with Gasteiger partial charge in [0.15, 0.2) is 5.78 Å². The lowest BCUT2D eigenvalue weighted by molar-refractivity contribution is -0.190. The summed E-state index contributed by atoms with van der Waals surface area (Å²) in [6.45, 7) is 7.50. The van der Waals surface area contributed by atoms with Crippen LogP contribution < -0.4 is 0 Å². The van der Waals surface area contributed by atoms with E-state index in [1.165, 1.54) is 0 Å². The summed E-state index contributed by atoms with van der Waals surface area (Å²) in [4.78, 5) is 13.7. The van der Waals surface area contributed by atoms with Crippen molar-refractivity contribution in [2.24, 2.45) is 34.5 Å². The van der Waals surface area contributed by atoms with Crippen LogP contribution in [0, 0.1) is 34.5 Å². The van der Waals surface area contributed by atoms with Crippen molar-refractivity contribution in [3.63, 3.8) is 0 Å². The van der Waals surface area contributed by atoms with Gasteiger partial charge in [-0.2, -0.15) is 0 Å². The van der Waals surface area contributed by atoms with Gasteiger partial charge in [-0.3, -0.25) is 4.79 Å². The summed E-state index contributed by atoms with van der Waals surface area (Å²) in [5, 5.41) is 43.0. The number of Topliss-reactive ketones (excluding diaryl/α,β-unsaturated/α-hetero) is 1. The molecule has 1 spiro atoms. The smallest absolute Gasteiger partial charge is 0.153 e. The first-order chi connectivity index (χ1) is 11.5. The minimum absolute atomic E-state index is 0.0245. The first-order valence-corrected chi connectivity index (χ1v) is 9.18. The molecule has 138 valence electrons. The van der Waals surface area contributed by atoms with Crippen LogP contribution in [0.3, 0.4) is 0 Å². The zero-order chi connectivity index (χ0) is 18.5. The molecule has 1 unspecified atom stereocenters. The standard InChI is InChI=1S/C20H28O5/c1-9-7-19-10(2)5-13-14(18(13,3)4)12(17(19)24)6-11(8-21)16(23)20(19,25)15(9)22/h6-7,10,12-16,21-23,25H,5,8H2,1-4H3/t10-,12?,13-,14+,15+,16-,19+,20-/m0/s1. The fourth-order valence-electron chi connectivity index (χ4n) is 6.43. The normalized spacial score (nSPS) is 53.2. The Labute approximate surface area is 148 Å². The molecule has 2 bridgehead atoms. The minimum atomic E-state index is -2.03. The maximum absolute atomic E-state index is 13.7. The number of carbonyl (C=O) groups excluding carboxylic acids is 1. The molecule has 4 aliphatic carbocycles. The zero-order valence-electron chi connectivity index (χ0n) is 15.2. The fourth-order valence-corrected chi connectivity index (χ4v) is 6.43. The second kappa shape index (κ2) is 4.83. The highest BCUT2D eigenvalue weighted by Crippen LogP contribution is 2.71. The van der Waals surface area contributed by atoms with Crippen LogP contribution in [0.15, 0.2) is 23.3 Å². The van der Waals surface area contributed by atoms with Crippen molar-refractivity contribution in [2.45, 2.75) is 51.9 Å². The summed E-state index contributed by atoms with van der Waals surface area (Å²) < 4.78 is 0. The van der Waals surface area contributed by atoms with Crippen LogP contribution in [0.1, 0.15) is 34.1 Å². The Kier molecular flexibility index (Phi) is 3.36. The Morgan fingerprint density at radius 3 is 2.48 bits per heavy atom. The molecule has 2 saturated carbocycles. The SMILES string of the molecule is CC1=C[C@@]23C(=O)C(C=C(CO)[C@H](O)[C@@]2(O)[C@@H]1O)[C@@H]1[C@H](C[C@@H]3C)C1(C)C. The van der Waals surface area contributed by atoms with E-state index in [4.69, 9.17) is 0 Å². The van der Waals surface area contributed by atoms with Crippen molar-refractivity contribution in [2.75, 3.05) is 6.61 Å². The average Bonchev–Trinajstić information content (AvgIpc) is 3.05. The van der Waals surface area contributed by atoms with E-state index in [-0.39, 0.29) is 28.6 Å². The average molecular weight is 348 g/mol. The summed E-state index contributed by atoms with van der Waals surface area (Å²) in [7, 11) is 0. The molecule has 0 saturated heterocycles. The van der Waals surface area contributed by atoms with Crippen LogP contribution >= 0.6 is 0 Å². The first-order valence-electron chi connectivity index (χ1n) is 9.18. The topological polar surface area (TPSA) is 98.0 Å². The van der Waals surface area contributed by atoms with Crippen molar-refractivity contribution in [3.8, 4) is 0 Å². The molecule has 8 atom stereocenters. The lowest BCUT2D eigenvalue weighted by Crippen LogP contribution is -2.65. The molecule has 5 nitrogen and oxygen atoms in total. The van der Waals surface area contributed by atoms with Crippen LogP contribution in [-0.2, 0) is 4.79 Å². The number of rotatable bonds is 1. The van der Waals surface area contributed by atoms with Gasteiger partial charge in [0.25, 0.3) is 0 Å². The van der Waals surface area contributed by atoms with Crippen LogP contribution in [0.25, 0.3) is 0 Å². The van der Waals surface area contributed by atoms with Gasteiger partial charge in [0.1, 0.15) is 17.8 Å². The largest absolute Gasteiger partial charge is 0.392 e. The lowest BCUT2D eigenvalue weighted by atomic mass is 9.59. The van der Waals surface area contributed by atoms with Gasteiger partial charge in [0.2, 0.25) is 0 Å². The summed E-state index contributed by atoms with van der Waals surface area (Å²) in [5.41, 5.74) is -2.58. The second-order valence-electron chi connectivity index (χ2n) is 9.27. The minimum Gasteiger partial charge on any atom is -0.392 e. The van der Waals surface area contributed by atoms with Gasteiger partial charge in [-0.15, -0.1) is 0 Å². The molecule has 0 radical (unpaired) electrons. The predicted molar refractivity (Wildman–Crippen MR) is 91.4 cm³/mol. The molecule has 4 aliphatic rings. The van der Waals surface area contributed by atoms with Gasteiger partial charge >= 0.3 is 0 Å². The van der Waals surface area contributed by atoms with E-state index in [1.54, 1.807) is 19.1 Å². The molecule has 2 fully saturated rings. The third kappa shape index (κ3) is 1.71. The van der Waals surface area contributed by atoms with Crippen LogP contribution in [0.4, 0.5) is 0 Å². The Hall–Kier alpha value is -1.01. The van der Waals surface area contributed by atoms with E-state index >= 15 is 0 Å². The van der Waals surface area contributed by atoms with Crippen LogP contribution in [0.2, 0.25) is 0 Å². The maximum atomic E-state index is 13.7. The molecule has 0 aliphatic heterocycles. The Bertz CT molecular complexity index is 707. The number of carbonyl (C=O) groups is 1. The molecule has 0 amide bonds. The highest BCUT2D eigenvalue weighted by molar-refractivity contribution is 5.95. The van der Waals surface area contributed by atoms with Gasteiger partial charge in [0, 0.05) is 5.92 Å². The second-order valence-corrected chi connectivity index (χ2v) is 9.27. The van der Waals surface area contributed by atoms with Gasteiger partial charge in [-0.25, -0.2) is 0 Å². The number of allylic oxidation sites excluding steroid dienone is 1. The predicted octanol–water partition coefficient (Wildman–Crippen LogP) is 0.815. The van der Waals surface area contributed by atoms with Crippen molar-refractivity contribution in [1.82, 2.24) is 0 Å². The molecule has 0 heterocycles. The molecule has 25 heavy (non-hydrogen) atoms. The summed E-state index contributed by atoms with van der Waals surface area (Å²) >= 11 is 0. The van der Waals surface area contributed by atoms with Crippen LogP contribution in [0.5, 0.6) is 0 Å². The van der Waals surface area contributed by atoms with E-state index in [9.17, 15) is 25.2 Å². The molecule has 0 aromatic carbocycles. The van der Waals surface area contributed by atoms with Crippen LogP contribution in [-0.4, -0.2) is 50.6 Å². The fraction of sp³-hybridized carbons (Fsp3) is 0.750.